The number of nitrogens with two attached hydrogens (primary N) is 2. The fraction of sp³-hybridized carbons (Fsp3) is 0.909. The van der Waals surface area contributed by atoms with Gasteiger partial charge in [-0.3, -0.25) is 4.79 Å². The standard InChI is InChI=1S/C11H24N2O.ClH/c1-2-3-4-5-6-7-8-9-10(12)11(13)14;/h10H,2-9,12H2,1H3,(H2,13,14);1H. The molecule has 0 bridgehead atoms. The van der Waals surface area contributed by atoms with Crippen LogP contribution in [-0.2, 0) is 4.79 Å². The second-order valence-corrected chi connectivity index (χ2v) is 3.92. The van der Waals surface area contributed by atoms with Crippen LogP contribution in [0.25, 0.3) is 0 Å². The number of hydrogen-bond donors (Lipinski definition) is 2. The van der Waals surface area contributed by atoms with Gasteiger partial charge in [-0.05, 0) is 6.42 Å². The van der Waals surface area contributed by atoms with Crippen molar-refractivity contribution in [2.75, 3.05) is 0 Å². The lowest BCUT2D eigenvalue weighted by molar-refractivity contribution is -0.119. The van der Waals surface area contributed by atoms with Crippen LogP contribution >= 0.6 is 12.4 Å². The number of carbonyl (C=O) groups is 1. The number of rotatable bonds is 9. The predicted octanol–water partition coefficient (Wildman–Crippen LogP) is 2.36. The zero-order chi connectivity index (χ0) is 10.8. The van der Waals surface area contributed by atoms with E-state index in [0.29, 0.717) is 0 Å². The third kappa shape index (κ3) is 11.6. The summed E-state index contributed by atoms with van der Waals surface area (Å²) in [4.78, 5) is 10.6. The van der Waals surface area contributed by atoms with E-state index < -0.39 is 6.04 Å². The number of unbranched alkanes of at least 4 members (excludes halogenated alkanes) is 6. The molecule has 15 heavy (non-hydrogen) atoms. The normalized spacial score (nSPS) is 11.9. The van der Waals surface area contributed by atoms with Crippen molar-refractivity contribution in [3.63, 3.8) is 0 Å². The third-order valence-electron chi connectivity index (χ3n) is 2.48. The van der Waals surface area contributed by atoms with Crippen molar-refractivity contribution in [1.29, 1.82) is 0 Å². The largest absolute Gasteiger partial charge is 0.368 e. The number of carbonyl (C=O) groups excluding carboxylic acids is 1. The Morgan fingerprint density at radius 2 is 1.53 bits per heavy atom. The molecule has 0 aliphatic carbocycles. The first-order valence-corrected chi connectivity index (χ1v) is 5.73. The molecule has 0 aromatic rings. The van der Waals surface area contributed by atoms with E-state index in [2.05, 4.69) is 6.92 Å². The Morgan fingerprint density at radius 1 is 1.07 bits per heavy atom. The Bertz CT molecular complexity index is 154. The van der Waals surface area contributed by atoms with Crippen molar-refractivity contribution in [3.8, 4) is 0 Å². The molecular formula is C11H25ClN2O. The number of amides is 1. The Morgan fingerprint density at radius 3 is 2.00 bits per heavy atom. The first kappa shape index (κ1) is 17.1. The van der Waals surface area contributed by atoms with Gasteiger partial charge in [0.2, 0.25) is 5.91 Å². The van der Waals surface area contributed by atoms with Crippen molar-refractivity contribution < 1.29 is 4.79 Å². The molecule has 0 radical (unpaired) electrons. The molecule has 1 atom stereocenters. The van der Waals surface area contributed by atoms with Gasteiger partial charge in [0.05, 0.1) is 6.04 Å². The summed E-state index contributed by atoms with van der Waals surface area (Å²) in [6.45, 7) is 2.21. The van der Waals surface area contributed by atoms with E-state index in [-0.39, 0.29) is 18.3 Å². The topological polar surface area (TPSA) is 69.1 Å². The Labute approximate surface area is 99.4 Å². The molecule has 4 heteroatoms. The second-order valence-electron chi connectivity index (χ2n) is 3.92. The lowest BCUT2D eigenvalue weighted by atomic mass is 10.1. The monoisotopic (exact) mass is 236 g/mol. The van der Waals surface area contributed by atoms with Gasteiger partial charge in [-0.2, -0.15) is 0 Å². The maximum Gasteiger partial charge on any atom is 0.234 e. The average molecular weight is 237 g/mol. The van der Waals surface area contributed by atoms with Crippen LogP contribution in [0, 0.1) is 0 Å². The van der Waals surface area contributed by atoms with Crippen LogP contribution in [0.15, 0.2) is 0 Å². The van der Waals surface area contributed by atoms with Crippen LogP contribution in [0.2, 0.25) is 0 Å². The van der Waals surface area contributed by atoms with Gasteiger partial charge in [-0.1, -0.05) is 51.9 Å². The Kier molecular flexibility index (Phi) is 13.5. The third-order valence-corrected chi connectivity index (χ3v) is 2.48. The average Bonchev–Trinajstić information content (AvgIpc) is 2.16. The van der Waals surface area contributed by atoms with Crippen molar-refractivity contribution in [2.45, 2.75) is 64.3 Å². The van der Waals surface area contributed by atoms with Crippen molar-refractivity contribution in [2.24, 2.45) is 11.5 Å². The maximum atomic E-state index is 10.6. The zero-order valence-electron chi connectivity index (χ0n) is 9.71. The summed E-state index contributed by atoms with van der Waals surface area (Å²) >= 11 is 0. The van der Waals surface area contributed by atoms with Crippen LogP contribution in [0.1, 0.15) is 58.3 Å². The van der Waals surface area contributed by atoms with Gasteiger partial charge in [0.25, 0.3) is 0 Å². The van der Waals surface area contributed by atoms with E-state index in [1.54, 1.807) is 0 Å². The molecule has 1 amide bonds. The van der Waals surface area contributed by atoms with E-state index in [4.69, 9.17) is 11.5 Å². The molecule has 0 saturated carbocycles. The summed E-state index contributed by atoms with van der Waals surface area (Å²) in [6, 6.07) is -0.439. The molecule has 0 aromatic carbocycles. The van der Waals surface area contributed by atoms with E-state index in [1.165, 1.54) is 38.5 Å². The lowest BCUT2D eigenvalue weighted by Crippen LogP contribution is -2.36. The molecule has 0 rings (SSSR count). The Hall–Kier alpha value is -0.280. The van der Waals surface area contributed by atoms with Crippen molar-refractivity contribution >= 4 is 18.3 Å². The molecule has 0 aliphatic rings. The number of primary amides is 1. The second kappa shape index (κ2) is 11.8. The van der Waals surface area contributed by atoms with Crippen LogP contribution in [0.3, 0.4) is 0 Å². The highest BCUT2D eigenvalue weighted by Crippen LogP contribution is 2.08. The van der Waals surface area contributed by atoms with Crippen LogP contribution in [0.4, 0.5) is 0 Å². The van der Waals surface area contributed by atoms with Crippen LogP contribution in [0.5, 0.6) is 0 Å². The summed E-state index contributed by atoms with van der Waals surface area (Å²) in [5.74, 6) is -0.379. The predicted molar refractivity (Wildman–Crippen MR) is 67.0 cm³/mol. The quantitative estimate of drug-likeness (QED) is 0.604. The molecule has 0 aliphatic heterocycles. The van der Waals surface area contributed by atoms with Gasteiger partial charge in [0, 0.05) is 0 Å². The molecule has 0 heterocycles. The fourth-order valence-corrected chi connectivity index (χ4v) is 1.46. The van der Waals surface area contributed by atoms with E-state index in [1.807, 2.05) is 0 Å². The van der Waals surface area contributed by atoms with Gasteiger partial charge in [0.1, 0.15) is 0 Å². The molecule has 3 nitrogen and oxygen atoms in total. The van der Waals surface area contributed by atoms with Crippen LogP contribution < -0.4 is 11.5 Å². The molecule has 0 spiro atoms. The molecule has 1 unspecified atom stereocenters. The maximum absolute atomic E-state index is 10.6. The van der Waals surface area contributed by atoms with Crippen molar-refractivity contribution in [1.82, 2.24) is 0 Å². The van der Waals surface area contributed by atoms with Gasteiger partial charge in [-0.15, -0.1) is 12.4 Å². The molecule has 92 valence electrons. The van der Waals surface area contributed by atoms with Gasteiger partial charge in [0.15, 0.2) is 0 Å². The number of hydrogen-bond acceptors (Lipinski definition) is 2. The zero-order valence-corrected chi connectivity index (χ0v) is 10.5. The van der Waals surface area contributed by atoms with Gasteiger partial charge >= 0.3 is 0 Å². The molecule has 0 fully saturated rings. The summed E-state index contributed by atoms with van der Waals surface area (Å²) < 4.78 is 0. The minimum atomic E-state index is -0.439. The molecular weight excluding hydrogens is 212 g/mol. The van der Waals surface area contributed by atoms with E-state index >= 15 is 0 Å². The Balaban J connectivity index is 0. The van der Waals surface area contributed by atoms with Gasteiger partial charge in [-0.25, -0.2) is 0 Å². The van der Waals surface area contributed by atoms with E-state index in [9.17, 15) is 4.79 Å². The minimum Gasteiger partial charge on any atom is -0.368 e. The highest BCUT2D eigenvalue weighted by molar-refractivity contribution is 5.85. The van der Waals surface area contributed by atoms with E-state index in [0.717, 1.165) is 12.8 Å². The molecule has 0 saturated heterocycles. The highest BCUT2D eigenvalue weighted by Gasteiger charge is 2.07. The minimum absolute atomic E-state index is 0. The summed E-state index contributed by atoms with van der Waals surface area (Å²) in [7, 11) is 0. The highest BCUT2D eigenvalue weighted by atomic mass is 35.5. The fourth-order valence-electron chi connectivity index (χ4n) is 1.46. The summed E-state index contributed by atoms with van der Waals surface area (Å²) in [5, 5.41) is 0. The first-order chi connectivity index (χ1) is 6.68. The summed E-state index contributed by atoms with van der Waals surface area (Å²) in [5.41, 5.74) is 10.6. The molecule has 4 N–H and O–H groups in total. The first-order valence-electron chi connectivity index (χ1n) is 5.73. The summed E-state index contributed by atoms with van der Waals surface area (Å²) in [6.07, 6.45) is 9.45. The molecule has 0 aromatic heterocycles. The lowest BCUT2D eigenvalue weighted by Gasteiger charge is -2.06. The van der Waals surface area contributed by atoms with Crippen LogP contribution in [-0.4, -0.2) is 11.9 Å². The van der Waals surface area contributed by atoms with Gasteiger partial charge < -0.3 is 11.5 Å². The SMILES string of the molecule is CCCCCCCCCC(N)C(N)=O.Cl. The van der Waals surface area contributed by atoms with Crippen molar-refractivity contribution in [3.05, 3.63) is 0 Å². The number of halogens is 1. The smallest absolute Gasteiger partial charge is 0.234 e.